The molecule has 0 aliphatic rings. The number of aliphatic hydroxyl groups is 1. The van der Waals surface area contributed by atoms with Crippen LogP contribution in [-0.2, 0) is 17.9 Å². The van der Waals surface area contributed by atoms with Crippen LogP contribution in [0, 0.1) is 0 Å². The molecule has 5 nitrogen and oxygen atoms in total. The number of nitrogens with zero attached hydrogens (tertiary/aromatic N) is 3. The van der Waals surface area contributed by atoms with Crippen LogP contribution in [0.5, 0.6) is 0 Å². The number of aliphatic hydroxyl groups excluding tert-OH is 1. The van der Waals surface area contributed by atoms with E-state index in [0.29, 0.717) is 23.4 Å². The van der Waals surface area contributed by atoms with E-state index in [4.69, 9.17) is 9.84 Å². The summed E-state index contributed by atoms with van der Waals surface area (Å²) in [6.07, 6.45) is 0. The highest BCUT2D eigenvalue weighted by atomic mass is 79.9. The van der Waals surface area contributed by atoms with E-state index in [1.165, 1.54) is 0 Å². The first-order chi connectivity index (χ1) is 5.79. The fourth-order valence-electron chi connectivity index (χ4n) is 0.816. The van der Waals surface area contributed by atoms with Crippen LogP contribution < -0.4 is 0 Å². The summed E-state index contributed by atoms with van der Waals surface area (Å²) in [5.74, 6) is 0. The first kappa shape index (κ1) is 9.63. The van der Waals surface area contributed by atoms with E-state index in [1.807, 2.05) is 0 Å². The van der Waals surface area contributed by atoms with Gasteiger partial charge in [-0.2, -0.15) is 0 Å². The lowest BCUT2D eigenvalue weighted by atomic mass is 10.5. The van der Waals surface area contributed by atoms with Crippen LogP contribution in [0.4, 0.5) is 0 Å². The van der Waals surface area contributed by atoms with Gasteiger partial charge in [0.15, 0.2) is 4.60 Å². The molecular weight excluding hydrogens is 226 g/mol. The Morgan fingerprint density at radius 1 is 1.67 bits per heavy atom. The molecule has 6 heteroatoms. The molecular formula is C6H10BrN3O2. The van der Waals surface area contributed by atoms with Crippen LogP contribution in [0.1, 0.15) is 5.69 Å². The molecule has 0 bridgehead atoms. The number of halogens is 1. The highest BCUT2D eigenvalue weighted by molar-refractivity contribution is 9.10. The van der Waals surface area contributed by atoms with Gasteiger partial charge >= 0.3 is 0 Å². The maximum Gasteiger partial charge on any atom is 0.153 e. The zero-order chi connectivity index (χ0) is 8.97. The monoisotopic (exact) mass is 235 g/mol. The summed E-state index contributed by atoms with van der Waals surface area (Å²) in [6, 6.07) is 0. The van der Waals surface area contributed by atoms with Gasteiger partial charge in [0, 0.05) is 7.11 Å². The van der Waals surface area contributed by atoms with Crippen molar-refractivity contribution in [1.29, 1.82) is 0 Å². The van der Waals surface area contributed by atoms with E-state index in [1.54, 1.807) is 11.8 Å². The van der Waals surface area contributed by atoms with Crippen LogP contribution >= 0.6 is 15.9 Å². The summed E-state index contributed by atoms with van der Waals surface area (Å²) in [6.45, 7) is 1.09. The Bertz CT molecular complexity index is 251. The molecule has 68 valence electrons. The van der Waals surface area contributed by atoms with Gasteiger partial charge in [0.2, 0.25) is 0 Å². The number of hydrogen-bond acceptors (Lipinski definition) is 4. The van der Waals surface area contributed by atoms with Crippen LogP contribution in [0.25, 0.3) is 0 Å². The summed E-state index contributed by atoms with van der Waals surface area (Å²) in [5.41, 5.74) is 0.673. The number of ether oxygens (including phenoxy) is 1. The van der Waals surface area contributed by atoms with E-state index in [0.717, 1.165) is 0 Å². The van der Waals surface area contributed by atoms with Crippen molar-refractivity contribution in [3.8, 4) is 0 Å². The minimum absolute atomic E-state index is 0.0721. The van der Waals surface area contributed by atoms with Crippen LogP contribution in [0.2, 0.25) is 0 Å². The molecule has 12 heavy (non-hydrogen) atoms. The summed E-state index contributed by atoms with van der Waals surface area (Å²) < 4.78 is 7.06. The molecule has 1 N–H and O–H groups in total. The van der Waals surface area contributed by atoms with Crippen molar-refractivity contribution in [2.45, 2.75) is 13.2 Å². The summed E-state index contributed by atoms with van der Waals surface area (Å²) >= 11 is 3.17. The first-order valence-corrected chi connectivity index (χ1v) is 4.26. The maximum absolute atomic E-state index is 8.92. The second-order valence-electron chi connectivity index (χ2n) is 2.20. The van der Waals surface area contributed by atoms with Crippen LogP contribution in [0.15, 0.2) is 4.60 Å². The Labute approximate surface area is 78.5 Å². The van der Waals surface area contributed by atoms with Crippen molar-refractivity contribution in [2.75, 3.05) is 13.7 Å². The smallest absolute Gasteiger partial charge is 0.153 e. The van der Waals surface area contributed by atoms with Gasteiger partial charge in [0.1, 0.15) is 0 Å². The zero-order valence-corrected chi connectivity index (χ0v) is 8.28. The quantitative estimate of drug-likeness (QED) is 0.810. The Morgan fingerprint density at radius 2 is 2.42 bits per heavy atom. The second-order valence-corrected chi connectivity index (χ2v) is 2.95. The third-order valence-electron chi connectivity index (χ3n) is 1.45. The molecule has 0 aromatic carbocycles. The lowest BCUT2D eigenvalue weighted by Gasteiger charge is -2.02. The Hall–Kier alpha value is -0.460. The topological polar surface area (TPSA) is 60.2 Å². The van der Waals surface area contributed by atoms with E-state index in [-0.39, 0.29) is 6.61 Å². The van der Waals surface area contributed by atoms with Crippen molar-refractivity contribution in [2.24, 2.45) is 0 Å². The van der Waals surface area contributed by atoms with E-state index >= 15 is 0 Å². The normalized spacial score (nSPS) is 10.6. The molecule has 0 radical (unpaired) electrons. The summed E-state index contributed by atoms with van der Waals surface area (Å²) in [5, 5.41) is 16.5. The highest BCUT2D eigenvalue weighted by Gasteiger charge is 2.07. The van der Waals surface area contributed by atoms with Gasteiger partial charge < -0.3 is 9.84 Å². The van der Waals surface area contributed by atoms with E-state index in [2.05, 4.69) is 26.2 Å². The van der Waals surface area contributed by atoms with Crippen molar-refractivity contribution in [1.82, 2.24) is 15.0 Å². The van der Waals surface area contributed by atoms with Crippen molar-refractivity contribution in [3.63, 3.8) is 0 Å². The van der Waals surface area contributed by atoms with Gasteiger partial charge in [-0.1, -0.05) is 5.21 Å². The Balaban J connectivity index is 2.70. The largest absolute Gasteiger partial charge is 0.390 e. The van der Waals surface area contributed by atoms with Gasteiger partial charge in [-0.15, -0.1) is 5.10 Å². The minimum atomic E-state index is -0.0721. The summed E-state index contributed by atoms with van der Waals surface area (Å²) in [7, 11) is 1.62. The Kier molecular flexibility index (Phi) is 3.64. The SMILES string of the molecule is COCCn1nnc(Br)c1CO. The van der Waals surface area contributed by atoms with Crippen molar-refractivity contribution < 1.29 is 9.84 Å². The molecule has 0 unspecified atom stereocenters. The molecule has 0 fully saturated rings. The number of aromatic nitrogens is 3. The molecule has 1 aromatic rings. The van der Waals surface area contributed by atoms with Crippen LogP contribution in [-0.4, -0.2) is 33.8 Å². The molecule has 1 aromatic heterocycles. The predicted molar refractivity (Wildman–Crippen MR) is 45.5 cm³/mol. The number of rotatable bonds is 4. The lowest BCUT2D eigenvalue weighted by molar-refractivity contribution is 0.178. The fraction of sp³-hybridized carbons (Fsp3) is 0.667. The molecule has 0 atom stereocenters. The van der Waals surface area contributed by atoms with Crippen LogP contribution in [0.3, 0.4) is 0 Å². The summed E-state index contributed by atoms with van der Waals surface area (Å²) in [4.78, 5) is 0. The third-order valence-corrected chi connectivity index (χ3v) is 2.06. The molecule has 0 aliphatic heterocycles. The van der Waals surface area contributed by atoms with Crippen molar-refractivity contribution in [3.05, 3.63) is 10.3 Å². The zero-order valence-electron chi connectivity index (χ0n) is 6.70. The molecule has 0 spiro atoms. The molecule has 1 heterocycles. The lowest BCUT2D eigenvalue weighted by Crippen LogP contribution is -2.09. The molecule has 0 saturated carbocycles. The van der Waals surface area contributed by atoms with Gasteiger partial charge in [0.25, 0.3) is 0 Å². The van der Waals surface area contributed by atoms with Crippen molar-refractivity contribution >= 4 is 15.9 Å². The standard InChI is InChI=1S/C6H10BrN3O2/c1-12-3-2-10-5(4-11)6(7)8-9-10/h11H,2-4H2,1H3. The number of hydrogen-bond donors (Lipinski definition) is 1. The van der Waals surface area contributed by atoms with Gasteiger partial charge in [0.05, 0.1) is 25.5 Å². The Morgan fingerprint density at radius 3 is 3.00 bits per heavy atom. The van der Waals surface area contributed by atoms with Gasteiger partial charge in [-0.25, -0.2) is 4.68 Å². The third kappa shape index (κ3) is 2.02. The minimum Gasteiger partial charge on any atom is -0.390 e. The molecule has 1 rings (SSSR count). The van der Waals surface area contributed by atoms with E-state index in [9.17, 15) is 0 Å². The average Bonchev–Trinajstić information content (AvgIpc) is 2.43. The average molecular weight is 236 g/mol. The van der Waals surface area contributed by atoms with Gasteiger partial charge in [-0.05, 0) is 15.9 Å². The maximum atomic E-state index is 8.92. The molecule has 0 saturated heterocycles. The first-order valence-electron chi connectivity index (χ1n) is 3.47. The van der Waals surface area contributed by atoms with Gasteiger partial charge in [-0.3, -0.25) is 0 Å². The highest BCUT2D eigenvalue weighted by Crippen LogP contribution is 2.11. The molecule has 0 aliphatic carbocycles. The second kappa shape index (κ2) is 4.54. The fourth-order valence-corrected chi connectivity index (χ4v) is 1.22. The van der Waals surface area contributed by atoms with E-state index < -0.39 is 0 Å². The predicted octanol–water partition coefficient (Wildman–Crippen LogP) is 0.179. The number of methoxy groups -OCH3 is 1. The molecule has 0 amide bonds.